The van der Waals surface area contributed by atoms with Crippen molar-refractivity contribution in [1.29, 1.82) is 0 Å². The number of hydrogen-bond donors (Lipinski definition) is 1. The summed E-state index contributed by atoms with van der Waals surface area (Å²) in [4.78, 5) is 11.0. The zero-order valence-corrected chi connectivity index (χ0v) is 15.4. The van der Waals surface area contributed by atoms with Crippen LogP contribution in [0, 0.1) is 20.8 Å². The van der Waals surface area contributed by atoms with E-state index >= 15 is 0 Å². The standard InChI is InChI=1S/C18H20ClN3S/c1-5-8-20-16-15-14(13-7-6-10(2)11(3)9-13)12(4)23-17(15)22-18(19)21-16/h6-7,9H,5,8H2,1-4H3,(H,20,21,22). The van der Waals surface area contributed by atoms with Crippen LogP contribution in [0.1, 0.15) is 29.3 Å². The van der Waals surface area contributed by atoms with E-state index in [1.165, 1.54) is 27.1 Å². The molecule has 2 aromatic heterocycles. The highest BCUT2D eigenvalue weighted by Gasteiger charge is 2.18. The van der Waals surface area contributed by atoms with Crippen molar-refractivity contribution in [3.05, 3.63) is 39.5 Å². The molecule has 3 rings (SSSR count). The van der Waals surface area contributed by atoms with Gasteiger partial charge in [0.1, 0.15) is 10.6 Å². The second-order valence-electron chi connectivity index (χ2n) is 5.78. The number of aromatic nitrogens is 2. The van der Waals surface area contributed by atoms with E-state index < -0.39 is 0 Å². The van der Waals surface area contributed by atoms with Gasteiger partial charge < -0.3 is 5.32 Å². The Labute approximate surface area is 145 Å². The third kappa shape index (κ3) is 3.06. The molecule has 120 valence electrons. The van der Waals surface area contributed by atoms with Gasteiger partial charge in [0.2, 0.25) is 5.28 Å². The predicted molar refractivity (Wildman–Crippen MR) is 101 cm³/mol. The van der Waals surface area contributed by atoms with Crippen LogP contribution >= 0.6 is 22.9 Å². The van der Waals surface area contributed by atoms with E-state index in [0.29, 0.717) is 5.28 Å². The third-order valence-electron chi connectivity index (χ3n) is 4.04. The predicted octanol–water partition coefficient (Wildman–Crippen LogP) is 5.76. The maximum atomic E-state index is 6.10. The first-order valence-corrected chi connectivity index (χ1v) is 8.98. The first-order valence-electron chi connectivity index (χ1n) is 7.79. The van der Waals surface area contributed by atoms with Crippen LogP contribution in [-0.2, 0) is 0 Å². The summed E-state index contributed by atoms with van der Waals surface area (Å²) in [5, 5.41) is 4.77. The molecule has 23 heavy (non-hydrogen) atoms. The van der Waals surface area contributed by atoms with E-state index in [1.807, 2.05) is 0 Å². The Kier molecular flexibility index (Phi) is 4.55. The molecule has 0 spiro atoms. The SMILES string of the molecule is CCCNc1nc(Cl)nc2sc(C)c(-c3ccc(C)c(C)c3)c12. The number of hydrogen-bond acceptors (Lipinski definition) is 4. The van der Waals surface area contributed by atoms with Crippen LogP contribution in [0.2, 0.25) is 5.28 Å². The quantitative estimate of drug-likeness (QED) is 0.611. The van der Waals surface area contributed by atoms with Gasteiger partial charge in [0.25, 0.3) is 0 Å². The number of thiophene rings is 1. The fourth-order valence-corrected chi connectivity index (χ4v) is 3.97. The topological polar surface area (TPSA) is 37.8 Å². The van der Waals surface area contributed by atoms with Crippen LogP contribution in [0.25, 0.3) is 21.3 Å². The average Bonchev–Trinajstić information content (AvgIpc) is 2.83. The number of halogens is 1. The first kappa shape index (κ1) is 16.2. The fourth-order valence-electron chi connectivity index (χ4n) is 2.70. The van der Waals surface area contributed by atoms with Crippen molar-refractivity contribution in [2.75, 3.05) is 11.9 Å². The molecule has 0 radical (unpaired) electrons. The van der Waals surface area contributed by atoms with Gasteiger partial charge >= 0.3 is 0 Å². The lowest BCUT2D eigenvalue weighted by atomic mass is 9.99. The Hall–Kier alpha value is -1.65. The van der Waals surface area contributed by atoms with E-state index in [1.54, 1.807) is 11.3 Å². The summed E-state index contributed by atoms with van der Waals surface area (Å²) in [6, 6.07) is 6.58. The average molecular weight is 346 g/mol. The van der Waals surface area contributed by atoms with Crippen LogP contribution in [0.4, 0.5) is 5.82 Å². The first-order chi connectivity index (χ1) is 11.0. The molecular formula is C18H20ClN3S. The summed E-state index contributed by atoms with van der Waals surface area (Å²) in [6.07, 6.45) is 1.03. The van der Waals surface area contributed by atoms with Crippen molar-refractivity contribution in [3.63, 3.8) is 0 Å². The monoisotopic (exact) mass is 345 g/mol. The highest BCUT2D eigenvalue weighted by Crippen LogP contribution is 2.41. The molecule has 1 aromatic carbocycles. The minimum absolute atomic E-state index is 0.295. The molecule has 0 bridgehead atoms. The highest BCUT2D eigenvalue weighted by atomic mass is 35.5. The van der Waals surface area contributed by atoms with E-state index in [-0.39, 0.29) is 0 Å². The fraction of sp³-hybridized carbons (Fsp3) is 0.333. The third-order valence-corrected chi connectivity index (χ3v) is 5.21. The molecular weight excluding hydrogens is 326 g/mol. The van der Waals surface area contributed by atoms with Gasteiger partial charge in [-0.1, -0.05) is 25.1 Å². The summed E-state index contributed by atoms with van der Waals surface area (Å²) in [5.74, 6) is 0.833. The van der Waals surface area contributed by atoms with Crippen LogP contribution < -0.4 is 5.32 Å². The molecule has 0 aliphatic rings. The van der Waals surface area contributed by atoms with E-state index in [4.69, 9.17) is 11.6 Å². The number of aryl methyl sites for hydroxylation is 3. The maximum absolute atomic E-state index is 6.10. The van der Waals surface area contributed by atoms with Crippen LogP contribution in [0.3, 0.4) is 0 Å². The Morgan fingerprint density at radius 1 is 1.13 bits per heavy atom. The Bertz CT molecular complexity index is 870. The van der Waals surface area contributed by atoms with E-state index in [0.717, 1.165) is 29.0 Å². The van der Waals surface area contributed by atoms with E-state index in [9.17, 15) is 0 Å². The van der Waals surface area contributed by atoms with Gasteiger partial charge in [-0.15, -0.1) is 11.3 Å². The summed E-state index contributed by atoms with van der Waals surface area (Å²) >= 11 is 7.77. The van der Waals surface area contributed by atoms with E-state index in [2.05, 4.69) is 61.2 Å². The molecule has 0 atom stereocenters. The summed E-state index contributed by atoms with van der Waals surface area (Å²) in [6.45, 7) is 9.41. The largest absolute Gasteiger partial charge is 0.369 e. The Balaban J connectivity index is 2.26. The lowest BCUT2D eigenvalue weighted by Gasteiger charge is -2.10. The van der Waals surface area contributed by atoms with Crippen molar-refractivity contribution >= 4 is 39.0 Å². The van der Waals surface area contributed by atoms with Crippen molar-refractivity contribution in [2.24, 2.45) is 0 Å². The van der Waals surface area contributed by atoms with Crippen LogP contribution in [0.5, 0.6) is 0 Å². The Morgan fingerprint density at radius 3 is 2.61 bits per heavy atom. The second-order valence-corrected chi connectivity index (χ2v) is 7.32. The molecule has 2 heterocycles. The maximum Gasteiger partial charge on any atom is 0.225 e. The molecule has 0 fully saturated rings. The van der Waals surface area contributed by atoms with Gasteiger partial charge in [-0.05, 0) is 55.5 Å². The van der Waals surface area contributed by atoms with Crippen LogP contribution in [0.15, 0.2) is 18.2 Å². The molecule has 5 heteroatoms. The smallest absolute Gasteiger partial charge is 0.225 e. The van der Waals surface area contributed by atoms with Gasteiger partial charge in [0, 0.05) is 17.0 Å². The lowest BCUT2D eigenvalue weighted by Crippen LogP contribution is -2.03. The molecule has 0 saturated carbocycles. The van der Waals surface area contributed by atoms with Gasteiger partial charge in [-0.3, -0.25) is 0 Å². The normalized spacial score (nSPS) is 11.2. The molecule has 0 aliphatic carbocycles. The Morgan fingerprint density at radius 2 is 1.91 bits per heavy atom. The summed E-state index contributed by atoms with van der Waals surface area (Å²) in [7, 11) is 0. The second kappa shape index (κ2) is 6.46. The molecule has 3 nitrogen and oxygen atoms in total. The lowest BCUT2D eigenvalue weighted by molar-refractivity contribution is 0.970. The van der Waals surface area contributed by atoms with Crippen LogP contribution in [-0.4, -0.2) is 16.5 Å². The minimum Gasteiger partial charge on any atom is -0.369 e. The molecule has 0 saturated heterocycles. The number of nitrogens with one attached hydrogen (secondary N) is 1. The molecule has 3 aromatic rings. The van der Waals surface area contributed by atoms with Gasteiger partial charge in [0.05, 0.1) is 5.39 Å². The molecule has 0 aliphatic heterocycles. The number of anilines is 1. The molecule has 1 N–H and O–H groups in total. The zero-order valence-electron chi connectivity index (χ0n) is 13.8. The van der Waals surface area contributed by atoms with Crippen molar-refractivity contribution in [2.45, 2.75) is 34.1 Å². The zero-order chi connectivity index (χ0) is 16.6. The number of nitrogens with zero attached hydrogens (tertiary/aromatic N) is 2. The van der Waals surface area contributed by atoms with Crippen molar-refractivity contribution in [1.82, 2.24) is 9.97 Å². The van der Waals surface area contributed by atoms with Gasteiger partial charge in [0.15, 0.2) is 0 Å². The van der Waals surface area contributed by atoms with Gasteiger partial charge in [-0.25, -0.2) is 9.97 Å². The number of fused-ring (bicyclic) bond motifs is 1. The molecule has 0 unspecified atom stereocenters. The highest BCUT2D eigenvalue weighted by molar-refractivity contribution is 7.19. The summed E-state index contributed by atoms with van der Waals surface area (Å²) in [5.41, 5.74) is 5.01. The minimum atomic E-state index is 0.295. The summed E-state index contributed by atoms with van der Waals surface area (Å²) < 4.78 is 0. The van der Waals surface area contributed by atoms with Crippen molar-refractivity contribution in [3.8, 4) is 11.1 Å². The van der Waals surface area contributed by atoms with Crippen molar-refractivity contribution < 1.29 is 0 Å². The number of benzene rings is 1. The molecule has 0 amide bonds. The number of rotatable bonds is 4. The van der Waals surface area contributed by atoms with Gasteiger partial charge in [-0.2, -0.15) is 0 Å².